The van der Waals surface area contributed by atoms with Crippen LogP contribution in [0.3, 0.4) is 0 Å². The van der Waals surface area contributed by atoms with E-state index < -0.39 is 0 Å². The first kappa shape index (κ1) is 10.5. The van der Waals surface area contributed by atoms with E-state index in [1.807, 2.05) is 18.2 Å². The Morgan fingerprint density at radius 1 is 0.875 bits per heavy atom. The number of ether oxygens (including phenoxy) is 2. The van der Waals surface area contributed by atoms with Crippen molar-refractivity contribution in [2.45, 2.75) is 0 Å². The summed E-state index contributed by atoms with van der Waals surface area (Å²) >= 11 is 0. The molecular formula is C13H11FO2. The second kappa shape index (κ2) is 4.66. The maximum absolute atomic E-state index is 12.7. The lowest BCUT2D eigenvalue weighted by atomic mass is 10.3. The SMILES string of the molecule is COc1cccc(Oc2ccc(F)cc2)c1. The van der Waals surface area contributed by atoms with Crippen LogP contribution in [0.2, 0.25) is 0 Å². The fourth-order valence-electron chi connectivity index (χ4n) is 1.30. The molecule has 0 saturated carbocycles. The third-order valence-corrected chi connectivity index (χ3v) is 2.09. The zero-order valence-electron chi connectivity index (χ0n) is 8.81. The molecule has 0 fully saturated rings. The van der Waals surface area contributed by atoms with Gasteiger partial charge in [-0.05, 0) is 36.4 Å². The Morgan fingerprint density at radius 2 is 1.56 bits per heavy atom. The normalized spacial score (nSPS) is 9.88. The molecule has 0 atom stereocenters. The van der Waals surface area contributed by atoms with Crippen molar-refractivity contribution in [1.29, 1.82) is 0 Å². The van der Waals surface area contributed by atoms with Crippen molar-refractivity contribution in [2.24, 2.45) is 0 Å². The first-order chi connectivity index (χ1) is 7.78. The molecule has 3 heteroatoms. The van der Waals surface area contributed by atoms with Crippen LogP contribution in [0.15, 0.2) is 48.5 Å². The van der Waals surface area contributed by atoms with Crippen LogP contribution in [-0.2, 0) is 0 Å². The molecule has 0 aliphatic rings. The van der Waals surface area contributed by atoms with Crippen molar-refractivity contribution >= 4 is 0 Å². The smallest absolute Gasteiger partial charge is 0.131 e. The number of rotatable bonds is 3. The topological polar surface area (TPSA) is 18.5 Å². The van der Waals surface area contributed by atoms with Crippen molar-refractivity contribution in [1.82, 2.24) is 0 Å². The Kier molecular flexibility index (Phi) is 3.05. The molecule has 16 heavy (non-hydrogen) atoms. The third-order valence-electron chi connectivity index (χ3n) is 2.09. The summed E-state index contributed by atoms with van der Waals surface area (Å²) in [5.74, 6) is 1.69. The van der Waals surface area contributed by atoms with Crippen LogP contribution in [0.1, 0.15) is 0 Å². The minimum atomic E-state index is -0.280. The van der Waals surface area contributed by atoms with Gasteiger partial charge in [-0.3, -0.25) is 0 Å². The molecule has 0 bridgehead atoms. The summed E-state index contributed by atoms with van der Waals surface area (Å²) in [6, 6.07) is 13.1. The molecule has 2 aromatic carbocycles. The molecule has 0 aromatic heterocycles. The minimum Gasteiger partial charge on any atom is -0.497 e. The molecule has 0 N–H and O–H groups in total. The van der Waals surface area contributed by atoms with Gasteiger partial charge in [-0.2, -0.15) is 0 Å². The van der Waals surface area contributed by atoms with E-state index in [-0.39, 0.29) is 5.82 Å². The van der Waals surface area contributed by atoms with Gasteiger partial charge in [-0.1, -0.05) is 6.07 Å². The zero-order valence-corrected chi connectivity index (χ0v) is 8.81. The van der Waals surface area contributed by atoms with E-state index in [1.54, 1.807) is 25.3 Å². The van der Waals surface area contributed by atoms with E-state index in [9.17, 15) is 4.39 Å². The quantitative estimate of drug-likeness (QED) is 0.783. The van der Waals surface area contributed by atoms with Crippen molar-refractivity contribution in [3.05, 3.63) is 54.3 Å². The van der Waals surface area contributed by atoms with E-state index in [2.05, 4.69) is 0 Å². The Balaban J connectivity index is 2.16. The van der Waals surface area contributed by atoms with E-state index in [4.69, 9.17) is 9.47 Å². The summed E-state index contributed by atoms with van der Waals surface area (Å²) in [5.41, 5.74) is 0. The highest BCUT2D eigenvalue weighted by Gasteiger charge is 1.99. The van der Waals surface area contributed by atoms with Gasteiger partial charge in [0, 0.05) is 6.07 Å². The monoisotopic (exact) mass is 218 g/mol. The van der Waals surface area contributed by atoms with Crippen molar-refractivity contribution in [2.75, 3.05) is 7.11 Å². The molecule has 0 amide bonds. The molecule has 0 aliphatic carbocycles. The van der Waals surface area contributed by atoms with Crippen molar-refractivity contribution in [3.8, 4) is 17.2 Å². The predicted molar refractivity (Wildman–Crippen MR) is 59.5 cm³/mol. The first-order valence-corrected chi connectivity index (χ1v) is 4.85. The lowest BCUT2D eigenvalue weighted by molar-refractivity contribution is 0.409. The van der Waals surface area contributed by atoms with Gasteiger partial charge in [0.05, 0.1) is 7.11 Å². The van der Waals surface area contributed by atoms with Crippen molar-refractivity contribution < 1.29 is 13.9 Å². The molecule has 82 valence electrons. The summed E-state index contributed by atoms with van der Waals surface area (Å²) in [7, 11) is 1.59. The number of benzene rings is 2. The summed E-state index contributed by atoms with van der Waals surface area (Å²) < 4.78 is 23.3. The molecule has 0 saturated heterocycles. The average Bonchev–Trinajstić information content (AvgIpc) is 2.32. The van der Waals surface area contributed by atoms with Gasteiger partial charge in [-0.25, -0.2) is 4.39 Å². The highest BCUT2D eigenvalue weighted by atomic mass is 19.1. The van der Waals surface area contributed by atoms with Crippen LogP contribution >= 0.6 is 0 Å². The van der Waals surface area contributed by atoms with E-state index in [0.717, 1.165) is 5.75 Å². The summed E-state index contributed by atoms with van der Waals surface area (Å²) in [6.07, 6.45) is 0. The zero-order chi connectivity index (χ0) is 11.4. The number of methoxy groups -OCH3 is 1. The van der Waals surface area contributed by atoms with E-state index in [1.165, 1.54) is 12.1 Å². The van der Waals surface area contributed by atoms with Gasteiger partial charge in [0.2, 0.25) is 0 Å². The lowest BCUT2D eigenvalue weighted by Gasteiger charge is -2.06. The number of halogens is 1. The maximum Gasteiger partial charge on any atom is 0.131 e. The second-order valence-corrected chi connectivity index (χ2v) is 3.23. The van der Waals surface area contributed by atoms with Gasteiger partial charge < -0.3 is 9.47 Å². The van der Waals surface area contributed by atoms with E-state index >= 15 is 0 Å². The summed E-state index contributed by atoms with van der Waals surface area (Å²) in [5, 5.41) is 0. The summed E-state index contributed by atoms with van der Waals surface area (Å²) in [4.78, 5) is 0. The Hall–Kier alpha value is -2.03. The van der Waals surface area contributed by atoms with Gasteiger partial charge in [0.1, 0.15) is 23.1 Å². The largest absolute Gasteiger partial charge is 0.497 e. The number of hydrogen-bond acceptors (Lipinski definition) is 2. The van der Waals surface area contributed by atoms with Crippen molar-refractivity contribution in [3.63, 3.8) is 0 Å². The van der Waals surface area contributed by atoms with Crippen LogP contribution in [0.5, 0.6) is 17.2 Å². The fourth-order valence-corrected chi connectivity index (χ4v) is 1.30. The Bertz CT molecular complexity index is 466. The molecule has 0 aliphatic heterocycles. The second-order valence-electron chi connectivity index (χ2n) is 3.23. The van der Waals surface area contributed by atoms with E-state index in [0.29, 0.717) is 11.5 Å². The van der Waals surface area contributed by atoms with Gasteiger partial charge >= 0.3 is 0 Å². The third kappa shape index (κ3) is 2.51. The van der Waals surface area contributed by atoms with Gasteiger partial charge in [0.15, 0.2) is 0 Å². The maximum atomic E-state index is 12.7. The van der Waals surface area contributed by atoms with Crippen LogP contribution in [0, 0.1) is 5.82 Å². The van der Waals surface area contributed by atoms with Gasteiger partial charge in [-0.15, -0.1) is 0 Å². The fraction of sp³-hybridized carbons (Fsp3) is 0.0769. The molecule has 0 unspecified atom stereocenters. The highest BCUT2D eigenvalue weighted by Crippen LogP contribution is 2.24. The highest BCUT2D eigenvalue weighted by molar-refractivity contribution is 5.36. The molecule has 0 heterocycles. The first-order valence-electron chi connectivity index (χ1n) is 4.85. The van der Waals surface area contributed by atoms with Crippen LogP contribution < -0.4 is 9.47 Å². The van der Waals surface area contributed by atoms with Gasteiger partial charge in [0.25, 0.3) is 0 Å². The molecule has 0 radical (unpaired) electrons. The van der Waals surface area contributed by atoms with Crippen LogP contribution in [0.25, 0.3) is 0 Å². The summed E-state index contributed by atoms with van der Waals surface area (Å²) in [6.45, 7) is 0. The standard InChI is InChI=1S/C13H11FO2/c1-15-12-3-2-4-13(9-12)16-11-7-5-10(14)6-8-11/h2-9H,1H3. The lowest BCUT2D eigenvalue weighted by Crippen LogP contribution is -1.86. The molecular weight excluding hydrogens is 207 g/mol. The molecule has 2 nitrogen and oxygen atoms in total. The minimum absolute atomic E-state index is 0.280. The number of hydrogen-bond donors (Lipinski definition) is 0. The Labute approximate surface area is 93.2 Å². The predicted octanol–water partition coefficient (Wildman–Crippen LogP) is 3.63. The Morgan fingerprint density at radius 3 is 2.25 bits per heavy atom. The molecule has 2 rings (SSSR count). The average molecular weight is 218 g/mol. The van der Waals surface area contributed by atoms with Crippen LogP contribution in [-0.4, -0.2) is 7.11 Å². The molecule has 2 aromatic rings. The molecule has 0 spiro atoms. The van der Waals surface area contributed by atoms with Crippen LogP contribution in [0.4, 0.5) is 4.39 Å².